The Balaban J connectivity index is 2.04. The van der Waals surface area contributed by atoms with Gasteiger partial charge in [-0.15, -0.1) is 0 Å². The van der Waals surface area contributed by atoms with Gasteiger partial charge in [-0.05, 0) is 51.6 Å². The fourth-order valence-corrected chi connectivity index (χ4v) is 3.28. The number of nitrogens with one attached hydrogen (secondary N) is 1. The molecule has 20 heavy (non-hydrogen) atoms. The monoisotopic (exact) mass is 289 g/mol. The fraction of sp³-hybridized carbons (Fsp3) is 0.786. The fourth-order valence-electron chi connectivity index (χ4n) is 3.28. The third-order valence-electron chi connectivity index (χ3n) is 4.38. The van der Waals surface area contributed by atoms with Crippen LogP contribution in [0.4, 0.5) is 13.2 Å². The molecule has 1 atom stereocenters. The average Bonchev–Trinajstić information content (AvgIpc) is 2.87. The smallest absolute Gasteiger partial charge is 0.311 e. The summed E-state index contributed by atoms with van der Waals surface area (Å²) in [7, 11) is 1.87. The molecule has 6 heteroatoms. The predicted molar refractivity (Wildman–Crippen MR) is 71.2 cm³/mol. The van der Waals surface area contributed by atoms with Crippen LogP contribution in [0.3, 0.4) is 0 Å². The van der Waals surface area contributed by atoms with E-state index in [-0.39, 0.29) is 24.8 Å². The molecule has 0 radical (unpaired) electrons. The Kier molecular flexibility index (Phi) is 4.73. The van der Waals surface area contributed by atoms with Crippen molar-refractivity contribution in [3.63, 3.8) is 0 Å². The predicted octanol–water partition coefficient (Wildman–Crippen LogP) is 3.53. The molecule has 1 aromatic heterocycles. The number of rotatable bonds is 4. The van der Waals surface area contributed by atoms with Crippen LogP contribution in [-0.4, -0.2) is 23.0 Å². The molecule has 1 N–H and O–H groups in total. The normalized spacial score (nSPS) is 25.6. The summed E-state index contributed by atoms with van der Waals surface area (Å²) in [6.07, 6.45) is -0.565. The van der Waals surface area contributed by atoms with Crippen molar-refractivity contribution >= 4 is 0 Å². The van der Waals surface area contributed by atoms with E-state index in [2.05, 4.69) is 10.4 Å². The number of hydrogen-bond acceptors (Lipinski definition) is 2. The minimum Gasteiger partial charge on any atom is -0.311 e. The number of hydrogen-bond donors (Lipinski definition) is 1. The van der Waals surface area contributed by atoms with E-state index in [4.69, 9.17) is 0 Å². The largest absolute Gasteiger partial charge is 0.391 e. The lowest BCUT2D eigenvalue weighted by Gasteiger charge is -2.34. The van der Waals surface area contributed by atoms with Gasteiger partial charge in [0.25, 0.3) is 0 Å². The lowest BCUT2D eigenvalue weighted by molar-refractivity contribution is -0.184. The zero-order chi connectivity index (χ0) is 14.8. The molecule has 0 spiro atoms. The summed E-state index contributed by atoms with van der Waals surface area (Å²) in [6.45, 7) is 2.79. The molecule has 1 saturated carbocycles. The van der Waals surface area contributed by atoms with E-state index in [1.165, 1.54) is 0 Å². The van der Waals surface area contributed by atoms with E-state index in [9.17, 15) is 13.2 Å². The van der Waals surface area contributed by atoms with Crippen LogP contribution in [0.15, 0.2) is 12.3 Å². The Morgan fingerprint density at radius 3 is 2.50 bits per heavy atom. The molecule has 1 aliphatic carbocycles. The van der Waals surface area contributed by atoms with Crippen molar-refractivity contribution in [2.24, 2.45) is 11.8 Å². The van der Waals surface area contributed by atoms with Crippen molar-refractivity contribution in [3.8, 4) is 0 Å². The first-order chi connectivity index (χ1) is 9.47. The number of halogens is 3. The van der Waals surface area contributed by atoms with E-state index in [0.29, 0.717) is 12.8 Å². The lowest BCUT2D eigenvalue weighted by atomic mass is 9.77. The summed E-state index contributed by atoms with van der Waals surface area (Å²) in [5, 5.41) is 7.51. The van der Waals surface area contributed by atoms with Crippen LogP contribution in [0.2, 0.25) is 0 Å². The van der Waals surface area contributed by atoms with Gasteiger partial charge in [-0.1, -0.05) is 0 Å². The van der Waals surface area contributed by atoms with Crippen LogP contribution in [0.25, 0.3) is 0 Å². The van der Waals surface area contributed by atoms with Gasteiger partial charge in [0.15, 0.2) is 0 Å². The molecule has 0 bridgehead atoms. The Morgan fingerprint density at radius 1 is 1.35 bits per heavy atom. The third kappa shape index (κ3) is 3.16. The van der Waals surface area contributed by atoms with Gasteiger partial charge >= 0.3 is 6.18 Å². The molecule has 1 heterocycles. The molecule has 0 aliphatic heterocycles. The Labute approximate surface area is 117 Å². The van der Waals surface area contributed by atoms with Crippen molar-refractivity contribution in [3.05, 3.63) is 18.0 Å². The van der Waals surface area contributed by atoms with Gasteiger partial charge in [0.2, 0.25) is 0 Å². The van der Waals surface area contributed by atoms with E-state index < -0.39 is 12.1 Å². The molecule has 114 valence electrons. The maximum atomic E-state index is 12.7. The highest BCUT2D eigenvalue weighted by Crippen LogP contribution is 2.43. The minimum absolute atomic E-state index is 0.0895. The number of nitrogens with zero attached hydrogens (tertiary/aromatic N) is 2. The Morgan fingerprint density at radius 2 is 2.00 bits per heavy atom. The second-order valence-corrected chi connectivity index (χ2v) is 5.49. The minimum atomic E-state index is -4.04. The van der Waals surface area contributed by atoms with Gasteiger partial charge in [0, 0.05) is 12.7 Å². The Hall–Kier alpha value is -1.04. The lowest BCUT2D eigenvalue weighted by Crippen LogP contribution is -2.34. The quantitative estimate of drug-likeness (QED) is 0.919. The van der Waals surface area contributed by atoms with Gasteiger partial charge in [-0.2, -0.15) is 18.3 Å². The second kappa shape index (κ2) is 6.16. The highest BCUT2D eigenvalue weighted by Gasteiger charge is 2.42. The maximum absolute atomic E-state index is 12.7. The SMILES string of the molecule is CCn1nccc1C(NC)C1CCC(C(F)(F)F)CC1. The summed E-state index contributed by atoms with van der Waals surface area (Å²) in [4.78, 5) is 0. The summed E-state index contributed by atoms with van der Waals surface area (Å²) in [6, 6.07) is 2.05. The summed E-state index contributed by atoms with van der Waals surface area (Å²) in [5.74, 6) is -0.868. The van der Waals surface area contributed by atoms with Crippen LogP contribution < -0.4 is 5.32 Å². The molecule has 1 aliphatic rings. The first-order valence-electron chi connectivity index (χ1n) is 7.23. The molecule has 1 aromatic rings. The average molecular weight is 289 g/mol. The molecule has 0 saturated heterocycles. The van der Waals surface area contributed by atoms with E-state index in [0.717, 1.165) is 12.2 Å². The topological polar surface area (TPSA) is 29.9 Å². The summed E-state index contributed by atoms with van der Waals surface area (Å²) in [5.41, 5.74) is 1.07. The number of alkyl halides is 3. The molecular formula is C14H22F3N3. The third-order valence-corrected chi connectivity index (χ3v) is 4.38. The van der Waals surface area contributed by atoms with Crippen molar-refractivity contribution < 1.29 is 13.2 Å². The molecule has 0 amide bonds. The zero-order valence-corrected chi connectivity index (χ0v) is 12.0. The molecule has 3 nitrogen and oxygen atoms in total. The molecular weight excluding hydrogens is 267 g/mol. The summed E-state index contributed by atoms with van der Waals surface area (Å²) < 4.78 is 40.1. The van der Waals surface area contributed by atoms with Gasteiger partial charge in [-0.3, -0.25) is 4.68 Å². The van der Waals surface area contributed by atoms with E-state index >= 15 is 0 Å². The first kappa shape index (κ1) is 15.4. The van der Waals surface area contributed by atoms with E-state index in [1.807, 2.05) is 24.7 Å². The highest BCUT2D eigenvalue weighted by atomic mass is 19.4. The molecule has 1 unspecified atom stereocenters. The Bertz CT molecular complexity index is 420. The maximum Gasteiger partial charge on any atom is 0.391 e. The van der Waals surface area contributed by atoms with Crippen LogP contribution >= 0.6 is 0 Å². The molecule has 0 aromatic carbocycles. The van der Waals surface area contributed by atoms with Crippen LogP contribution in [0.1, 0.15) is 44.3 Å². The van der Waals surface area contributed by atoms with Gasteiger partial charge in [0.05, 0.1) is 17.7 Å². The standard InChI is InChI=1S/C14H22F3N3/c1-3-20-12(8-9-19-20)13(18-2)10-4-6-11(7-5-10)14(15,16)17/h8-11,13,18H,3-7H2,1-2H3. The number of aromatic nitrogens is 2. The van der Waals surface area contributed by atoms with Crippen LogP contribution in [0, 0.1) is 11.8 Å². The highest BCUT2D eigenvalue weighted by molar-refractivity contribution is 5.09. The van der Waals surface area contributed by atoms with Gasteiger partial charge in [0.1, 0.15) is 0 Å². The molecule has 2 rings (SSSR count). The van der Waals surface area contributed by atoms with E-state index in [1.54, 1.807) is 6.20 Å². The van der Waals surface area contributed by atoms with Crippen molar-refractivity contribution in [1.82, 2.24) is 15.1 Å². The zero-order valence-electron chi connectivity index (χ0n) is 12.0. The number of aryl methyl sites for hydroxylation is 1. The molecule has 1 fully saturated rings. The van der Waals surface area contributed by atoms with Gasteiger partial charge < -0.3 is 5.32 Å². The van der Waals surface area contributed by atoms with Crippen LogP contribution in [0.5, 0.6) is 0 Å². The summed E-state index contributed by atoms with van der Waals surface area (Å²) >= 11 is 0. The van der Waals surface area contributed by atoms with Crippen molar-refractivity contribution in [1.29, 1.82) is 0 Å². The first-order valence-corrected chi connectivity index (χ1v) is 7.23. The van der Waals surface area contributed by atoms with Crippen molar-refractivity contribution in [2.45, 2.75) is 51.4 Å². The second-order valence-electron chi connectivity index (χ2n) is 5.49. The van der Waals surface area contributed by atoms with Crippen molar-refractivity contribution in [2.75, 3.05) is 7.05 Å². The van der Waals surface area contributed by atoms with Gasteiger partial charge in [-0.25, -0.2) is 0 Å². The van der Waals surface area contributed by atoms with Crippen LogP contribution in [-0.2, 0) is 6.54 Å².